The Morgan fingerprint density at radius 1 is 1.00 bits per heavy atom. The molecule has 1 atom stereocenters. The van der Waals surface area contributed by atoms with Crippen molar-refractivity contribution < 1.29 is 13.2 Å². The third-order valence-corrected chi connectivity index (χ3v) is 5.43. The number of nitrogens with one attached hydrogen (secondary N) is 1. The number of aromatic nitrogens is 2. The van der Waals surface area contributed by atoms with Crippen molar-refractivity contribution >= 4 is 16.9 Å². The second-order valence-corrected chi connectivity index (χ2v) is 7.51. The van der Waals surface area contributed by atoms with E-state index in [2.05, 4.69) is 20.2 Å². The van der Waals surface area contributed by atoms with Crippen LogP contribution in [0.2, 0.25) is 0 Å². The smallest absolute Gasteiger partial charge is 0.226 e. The minimum Gasteiger partial charge on any atom is -0.341 e. The summed E-state index contributed by atoms with van der Waals surface area (Å²) in [7, 11) is 0. The number of hydrogen-bond acceptors (Lipinski definition) is 4. The number of anilines is 1. The van der Waals surface area contributed by atoms with Gasteiger partial charge in [-0.2, -0.15) is 0 Å². The molecular weight excluding hydrogens is 377 g/mol. The Morgan fingerprint density at radius 2 is 1.86 bits per heavy atom. The van der Waals surface area contributed by atoms with E-state index in [1.54, 1.807) is 12.1 Å². The summed E-state index contributed by atoms with van der Waals surface area (Å²) in [4.78, 5) is 11.4. The van der Waals surface area contributed by atoms with Gasteiger partial charge in [0.1, 0.15) is 5.82 Å². The lowest BCUT2D eigenvalue weighted by molar-refractivity contribution is 0.466. The van der Waals surface area contributed by atoms with Crippen molar-refractivity contribution in [3.05, 3.63) is 65.1 Å². The number of halogens is 3. The quantitative estimate of drug-likeness (QED) is 0.700. The Morgan fingerprint density at radius 3 is 2.69 bits per heavy atom. The van der Waals surface area contributed by atoms with Crippen molar-refractivity contribution in [2.24, 2.45) is 0 Å². The Kier molecular flexibility index (Phi) is 5.67. The number of aryl methyl sites for hydroxylation is 1. The molecule has 0 radical (unpaired) electrons. The summed E-state index contributed by atoms with van der Waals surface area (Å²) in [6.45, 7) is 4.01. The van der Waals surface area contributed by atoms with Crippen LogP contribution >= 0.6 is 0 Å². The summed E-state index contributed by atoms with van der Waals surface area (Å²) >= 11 is 0. The van der Waals surface area contributed by atoms with Crippen LogP contribution in [0.5, 0.6) is 0 Å². The van der Waals surface area contributed by atoms with Crippen molar-refractivity contribution in [3.63, 3.8) is 0 Å². The lowest BCUT2D eigenvalue weighted by Crippen LogP contribution is -2.31. The Labute approximate surface area is 167 Å². The highest BCUT2D eigenvalue weighted by atomic mass is 19.2. The van der Waals surface area contributed by atoms with Gasteiger partial charge < -0.3 is 10.2 Å². The molecule has 4 nitrogen and oxygen atoms in total. The topological polar surface area (TPSA) is 41.1 Å². The van der Waals surface area contributed by atoms with Gasteiger partial charge in [-0.05, 0) is 62.1 Å². The fourth-order valence-corrected chi connectivity index (χ4v) is 3.79. The molecule has 1 aliphatic rings. The largest absolute Gasteiger partial charge is 0.341 e. The van der Waals surface area contributed by atoms with Crippen molar-refractivity contribution in [1.82, 2.24) is 15.3 Å². The van der Waals surface area contributed by atoms with Gasteiger partial charge in [0, 0.05) is 31.1 Å². The second-order valence-electron chi connectivity index (χ2n) is 7.51. The number of rotatable bonds is 4. The lowest BCUT2D eigenvalue weighted by atomic mass is 10.1. The van der Waals surface area contributed by atoms with E-state index in [1.807, 2.05) is 6.92 Å². The zero-order valence-corrected chi connectivity index (χ0v) is 16.3. The van der Waals surface area contributed by atoms with E-state index in [9.17, 15) is 13.2 Å². The lowest BCUT2D eigenvalue weighted by Gasteiger charge is -2.21. The molecule has 29 heavy (non-hydrogen) atoms. The molecule has 1 aliphatic heterocycles. The highest BCUT2D eigenvalue weighted by molar-refractivity contribution is 5.81. The van der Waals surface area contributed by atoms with Gasteiger partial charge in [0.25, 0.3) is 0 Å². The van der Waals surface area contributed by atoms with Crippen LogP contribution < -0.4 is 10.2 Å². The number of fused-ring (bicyclic) bond motifs is 1. The van der Waals surface area contributed by atoms with Gasteiger partial charge in [0.2, 0.25) is 5.95 Å². The van der Waals surface area contributed by atoms with Gasteiger partial charge in [0.15, 0.2) is 11.6 Å². The average Bonchev–Trinajstić information content (AvgIpc) is 2.95. The first-order chi connectivity index (χ1) is 14.0. The zero-order chi connectivity index (χ0) is 20.4. The Bertz CT molecular complexity index is 1020. The summed E-state index contributed by atoms with van der Waals surface area (Å²) in [5.41, 5.74) is 2.23. The molecule has 4 rings (SSSR count). The fraction of sp³-hybridized carbons (Fsp3) is 0.364. The summed E-state index contributed by atoms with van der Waals surface area (Å²) < 4.78 is 39.9. The average molecular weight is 400 g/mol. The van der Waals surface area contributed by atoms with E-state index in [-0.39, 0.29) is 11.9 Å². The van der Waals surface area contributed by atoms with Crippen LogP contribution in [0, 0.1) is 24.4 Å². The van der Waals surface area contributed by atoms with Crippen molar-refractivity contribution in [2.45, 2.75) is 38.8 Å². The van der Waals surface area contributed by atoms with Crippen molar-refractivity contribution in [2.75, 3.05) is 18.0 Å². The van der Waals surface area contributed by atoms with Crippen LogP contribution in [0.25, 0.3) is 10.9 Å². The maximum atomic E-state index is 13.5. The zero-order valence-electron chi connectivity index (χ0n) is 16.3. The summed E-state index contributed by atoms with van der Waals surface area (Å²) in [6, 6.07) is 8.85. The molecule has 2 aromatic carbocycles. The van der Waals surface area contributed by atoms with Crippen LogP contribution in [0.15, 0.2) is 36.4 Å². The second kappa shape index (κ2) is 8.37. The first-order valence-corrected chi connectivity index (χ1v) is 9.86. The Hall–Kier alpha value is -2.67. The maximum Gasteiger partial charge on any atom is 0.226 e. The summed E-state index contributed by atoms with van der Waals surface area (Å²) in [5, 5.41) is 4.18. The van der Waals surface area contributed by atoms with E-state index in [1.165, 1.54) is 18.2 Å². The summed E-state index contributed by atoms with van der Waals surface area (Å²) in [6.07, 6.45) is 2.85. The minimum atomic E-state index is -0.827. The van der Waals surface area contributed by atoms with Crippen LogP contribution in [0.4, 0.5) is 19.1 Å². The van der Waals surface area contributed by atoms with E-state index in [4.69, 9.17) is 0 Å². The molecule has 1 saturated heterocycles. The van der Waals surface area contributed by atoms with Gasteiger partial charge in [-0.3, -0.25) is 0 Å². The molecule has 7 heteroatoms. The standard InChI is InChI=1S/C22H23F3N4/c1-14-18-12-16(23)5-7-21(18)28-22(27-14)29-9-2-3-17(8-10-29)26-13-15-4-6-19(24)20(25)11-15/h4-7,11-12,17,26H,2-3,8-10,13H2,1H3. The highest BCUT2D eigenvalue weighted by Gasteiger charge is 2.19. The molecule has 1 unspecified atom stereocenters. The molecule has 0 amide bonds. The van der Waals surface area contributed by atoms with E-state index in [0.717, 1.165) is 60.6 Å². The first kappa shape index (κ1) is 19.6. The van der Waals surface area contributed by atoms with Crippen molar-refractivity contribution in [1.29, 1.82) is 0 Å². The number of hydrogen-bond donors (Lipinski definition) is 1. The van der Waals surface area contributed by atoms with E-state index >= 15 is 0 Å². The number of benzene rings is 2. The van der Waals surface area contributed by atoms with Crippen LogP contribution in [-0.4, -0.2) is 29.1 Å². The molecule has 3 aromatic rings. The summed E-state index contributed by atoms with van der Waals surface area (Å²) in [5.74, 6) is -1.27. The van der Waals surface area contributed by atoms with Gasteiger partial charge in [0.05, 0.1) is 11.2 Å². The monoisotopic (exact) mass is 400 g/mol. The highest BCUT2D eigenvalue weighted by Crippen LogP contribution is 2.22. The third kappa shape index (κ3) is 4.50. The molecule has 152 valence electrons. The molecule has 2 heterocycles. The molecule has 0 saturated carbocycles. The fourth-order valence-electron chi connectivity index (χ4n) is 3.79. The predicted molar refractivity (Wildman–Crippen MR) is 107 cm³/mol. The van der Waals surface area contributed by atoms with Crippen molar-refractivity contribution in [3.8, 4) is 0 Å². The molecule has 0 spiro atoms. The maximum absolute atomic E-state index is 13.5. The predicted octanol–water partition coefficient (Wildman–Crippen LogP) is 4.50. The molecule has 0 aliphatic carbocycles. The van der Waals surface area contributed by atoms with E-state index < -0.39 is 11.6 Å². The van der Waals surface area contributed by atoms with Crippen LogP contribution in [-0.2, 0) is 6.54 Å². The molecule has 1 aromatic heterocycles. The van der Waals surface area contributed by atoms with E-state index in [0.29, 0.717) is 12.5 Å². The molecule has 1 N–H and O–H groups in total. The van der Waals surface area contributed by atoms with Gasteiger partial charge >= 0.3 is 0 Å². The first-order valence-electron chi connectivity index (χ1n) is 9.86. The Balaban J connectivity index is 1.41. The molecular formula is C22H23F3N4. The molecule has 0 bridgehead atoms. The van der Waals surface area contributed by atoms with Gasteiger partial charge in [-0.1, -0.05) is 6.07 Å². The third-order valence-electron chi connectivity index (χ3n) is 5.43. The normalized spacial score (nSPS) is 17.5. The minimum absolute atomic E-state index is 0.281. The molecule has 1 fully saturated rings. The van der Waals surface area contributed by atoms with Gasteiger partial charge in [-0.25, -0.2) is 23.1 Å². The SMILES string of the molecule is Cc1nc(N2CCCC(NCc3ccc(F)c(F)c3)CC2)nc2ccc(F)cc12. The number of nitrogens with zero attached hydrogens (tertiary/aromatic N) is 3. The van der Waals surface area contributed by atoms with Crippen LogP contribution in [0.3, 0.4) is 0 Å². The van der Waals surface area contributed by atoms with Crippen LogP contribution in [0.1, 0.15) is 30.5 Å². The van der Waals surface area contributed by atoms with Gasteiger partial charge in [-0.15, -0.1) is 0 Å².